The Kier molecular flexibility index (Phi) is 3.74. The van der Waals surface area contributed by atoms with Crippen LogP contribution in [0.1, 0.15) is 24.2 Å². The SMILES string of the molecule is FC(F)(F)c1nnc(CN2CCC(n3cc(Br)cn3)C2)o1. The van der Waals surface area contributed by atoms with E-state index in [0.29, 0.717) is 6.54 Å². The summed E-state index contributed by atoms with van der Waals surface area (Å²) in [6.45, 7) is 1.63. The molecular weight excluding hydrogens is 355 g/mol. The molecule has 0 N–H and O–H groups in total. The van der Waals surface area contributed by atoms with Gasteiger partial charge in [-0.2, -0.15) is 18.3 Å². The summed E-state index contributed by atoms with van der Waals surface area (Å²) in [4.78, 5) is 1.97. The molecule has 3 heterocycles. The summed E-state index contributed by atoms with van der Waals surface area (Å²) in [7, 11) is 0. The van der Waals surface area contributed by atoms with Crippen molar-refractivity contribution in [3.63, 3.8) is 0 Å². The first-order chi connectivity index (χ1) is 9.91. The number of hydrogen-bond acceptors (Lipinski definition) is 5. The van der Waals surface area contributed by atoms with Gasteiger partial charge in [0.1, 0.15) is 0 Å². The summed E-state index contributed by atoms with van der Waals surface area (Å²) >= 11 is 3.33. The minimum Gasteiger partial charge on any atom is -0.416 e. The van der Waals surface area contributed by atoms with Crippen LogP contribution in [0.15, 0.2) is 21.3 Å². The molecule has 0 saturated carbocycles. The Morgan fingerprint density at radius 3 is 2.81 bits per heavy atom. The lowest BCUT2D eigenvalue weighted by Gasteiger charge is -2.13. The lowest BCUT2D eigenvalue weighted by Crippen LogP contribution is -2.21. The molecule has 1 unspecified atom stereocenters. The Hall–Kier alpha value is -1.42. The number of nitrogens with zero attached hydrogens (tertiary/aromatic N) is 5. The fourth-order valence-electron chi connectivity index (χ4n) is 2.31. The number of aromatic nitrogens is 4. The Labute approximate surface area is 126 Å². The predicted octanol–water partition coefficient (Wildman–Crippen LogP) is 2.49. The summed E-state index contributed by atoms with van der Waals surface area (Å²) in [5, 5.41) is 10.7. The number of alkyl halides is 3. The molecule has 0 aliphatic carbocycles. The highest BCUT2D eigenvalue weighted by molar-refractivity contribution is 9.10. The predicted molar refractivity (Wildman–Crippen MR) is 68.2 cm³/mol. The molecule has 10 heteroatoms. The van der Waals surface area contributed by atoms with E-state index < -0.39 is 12.1 Å². The second-order valence-electron chi connectivity index (χ2n) is 4.81. The summed E-state index contributed by atoms with van der Waals surface area (Å²) in [6, 6.07) is 0.196. The molecule has 114 valence electrons. The Morgan fingerprint density at radius 2 is 2.19 bits per heavy atom. The van der Waals surface area contributed by atoms with Crippen molar-refractivity contribution in [3.8, 4) is 0 Å². The molecule has 2 aromatic heterocycles. The Morgan fingerprint density at radius 1 is 1.38 bits per heavy atom. The van der Waals surface area contributed by atoms with Gasteiger partial charge in [-0.1, -0.05) is 0 Å². The van der Waals surface area contributed by atoms with Gasteiger partial charge in [0.05, 0.1) is 23.3 Å². The van der Waals surface area contributed by atoms with Crippen LogP contribution in [0, 0.1) is 0 Å². The number of halogens is 4. The normalized spacial score (nSPS) is 20.3. The lowest BCUT2D eigenvalue weighted by atomic mass is 10.3. The van der Waals surface area contributed by atoms with Crippen molar-refractivity contribution in [2.45, 2.75) is 25.2 Å². The Bertz CT molecular complexity index is 625. The number of likely N-dealkylation sites (tertiary alicyclic amines) is 1. The molecular formula is C11H11BrF3N5O. The number of rotatable bonds is 3. The van der Waals surface area contributed by atoms with Crippen LogP contribution in [0.2, 0.25) is 0 Å². The Balaban J connectivity index is 1.61. The third-order valence-electron chi connectivity index (χ3n) is 3.26. The van der Waals surface area contributed by atoms with E-state index in [4.69, 9.17) is 0 Å². The minimum absolute atomic E-state index is 0.0235. The first kappa shape index (κ1) is 14.5. The first-order valence-corrected chi connectivity index (χ1v) is 7.03. The molecule has 2 aromatic rings. The average Bonchev–Trinajstić information content (AvgIpc) is 3.08. The fraction of sp³-hybridized carbons (Fsp3) is 0.545. The van der Waals surface area contributed by atoms with E-state index >= 15 is 0 Å². The quantitative estimate of drug-likeness (QED) is 0.836. The van der Waals surface area contributed by atoms with E-state index in [1.807, 2.05) is 15.8 Å². The fourth-order valence-corrected chi connectivity index (χ4v) is 2.61. The molecule has 1 atom stereocenters. The lowest BCUT2D eigenvalue weighted by molar-refractivity contribution is -0.157. The molecule has 0 aromatic carbocycles. The smallest absolute Gasteiger partial charge is 0.416 e. The van der Waals surface area contributed by atoms with E-state index in [1.165, 1.54) is 0 Å². The zero-order chi connectivity index (χ0) is 15.0. The molecule has 0 amide bonds. The van der Waals surface area contributed by atoms with E-state index in [9.17, 15) is 13.2 Å². The van der Waals surface area contributed by atoms with Crippen molar-refractivity contribution in [2.75, 3.05) is 13.1 Å². The monoisotopic (exact) mass is 365 g/mol. The maximum Gasteiger partial charge on any atom is 0.470 e. The van der Waals surface area contributed by atoms with Gasteiger partial charge in [0.2, 0.25) is 5.89 Å². The van der Waals surface area contributed by atoms with Crippen LogP contribution in [0.5, 0.6) is 0 Å². The average molecular weight is 366 g/mol. The topological polar surface area (TPSA) is 60.0 Å². The highest BCUT2D eigenvalue weighted by atomic mass is 79.9. The van der Waals surface area contributed by atoms with E-state index in [2.05, 4.69) is 35.6 Å². The highest BCUT2D eigenvalue weighted by Crippen LogP contribution is 2.29. The molecule has 6 nitrogen and oxygen atoms in total. The zero-order valence-electron chi connectivity index (χ0n) is 10.7. The van der Waals surface area contributed by atoms with Gasteiger partial charge < -0.3 is 4.42 Å². The zero-order valence-corrected chi connectivity index (χ0v) is 12.3. The van der Waals surface area contributed by atoms with Crippen molar-refractivity contribution in [1.29, 1.82) is 0 Å². The van der Waals surface area contributed by atoms with Crippen LogP contribution in [0.3, 0.4) is 0 Å². The highest BCUT2D eigenvalue weighted by Gasteiger charge is 2.38. The minimum atomic E-state index is -4.60. The van der Waals surface area contributed by atoms with Crippen LogP contribution in [-0.2, 0) is 12.7 Å². The van der Waals surface area contributed by atoms with Crippen molar-refractivity contribution < 1.29 is 17.6 Å². The van der Waals surface area contributed by atoms with E-state index in [0.717, 1.165) is 17.4 Å². The standard InChI is InChI=1S/C11H11BrF3N5O/c12-7-3-16-20(4-7)8-1-2-19(5-8)6-9-17-18-10(21-9)11(13,14)15/h3-4,8H,1-2,5-6H2. The van der Waals surface area contributed by atoms with Gasteiger partial charge in [0, 0.05) is 19.3 Å². The van der Waals surface area contributed by atoms with Crippen LogP contribution in [0.25, 0.3) is 0 Å². The van der Waals surface area contributed by atoms with E-state index in [1.54, 1.807) is 6.20 Å². The van der Waals surface area contributed by atoms with Gasteiger partial charge in [-0.3, -0.25) is 9.58 Å². The molecule has 1 aliphatic rings. The first-order valence-electron chi connectivity index (χ1n) is 6.23. The summed E-state index contributed by atoms with van der Waals surface area (Å²) < 4.78 is 44.5. The number of hydrogen-bond donors (Lipinski definition) is 0. The molecule has 3 rings (SSSR count). The van der Waals surface area contributed by atoms with Crippen molar-refractivity contribution in [3.05, 3.63) is 28.6 Å². The van der Waals surface area contributed by atoms with Crippen LogP contribution in [-0.4, -0.2) is 38.0 Å². The molecule has 1 saturated heterocycles. The molecule has 1 aliphatic heterocycles. The molecule has 1 fully saturated rings. The van der Waals surface area contributed by atoms with Gasteiger partial charge in [0.25, 0.3) is 0 Å². The summed E-state index contributed by atoms with van der Waals surface area (Å²) in [5.74, 6) is -1.33. The molecule has 0 spiro atoms. The molecule has 0 radical (unpaired) electrons. The maximum absolute atomic E-state index is 12.4. The van der Waals surface area contributed by atoms with Crippen molar-refractivity contribution in [2.24, 2.45) is 0 Å². The van der Waals surface area contributed by atoms with Gasteiger partial charge in [0.15, 0.2) is 0 Å². The second kappa shape index (κ2) is 5.41. The largest absolute Gasteiger partial charge is 0.470 e. The van der Waals surface area contributed by atoms with Crippen LogP contribution in [0.4, 0.5) is 13.2 Å². The molecule has 0 bridgehead atoms. The van der Waals surface area contributed by atoms with Gasteiger partial charge >= 0.3 is 12.1 Å². The third kappa shape index (κ3) is 3.26. The molecule has 21 heavy (non-hydrogen) atoms. The summed E-state index contributed by atoms with van der Waals surface area (Å²) in [6.07, 6.45) is -0.145. The second-order valence-corrected chi connectivity index (χ2v) is 5.73. The van der Waals surface area contributed by atoms with E-state index in [-0.39, 0.29) is 18.5 Å². The van der Waals surface area contributed by atoms with Crippen LogP contribution < -0.4 is 0 Å². The van der Waals surface area contributed by atoms with Gasteiger partial charge in [-0.25, -0.2) is 0 Å². The van der Waals surface area contributed by atoms with Crippen LogP contribution >= 0.6 is 15.9 Å². The van der Waals surface area contributed by atoms with Crippen molar-refractivity contribution in [1.82, 2.24) is 24.9 Å². The maximum atomic E-state index is 12.4. The van der Waals surface area contributed by atoms with Gasteiger partial charge in [-0.05, 0) is 22.4 Å². The third-order valence-corrected chi connectivity index (χ3v) is 3.67. The summed E-state index contributed by atoms with van der Waals surface area (Å²) in [5.41, 5.74) is 0. The van der Waals surface area contributed by atoms with Gasteiger partial charge in [-0.15, -0.1) is 10.2 Å². The van der Waals surface area contributed by atoms with Crippen molar-refractivity contribution >= 4 is 15.9 Å².